The van der Waals surface area contributed by atoms with Gasteiger partial charge < -0.3 is 15.0 Å². The van der Waals surface area contributed by atoms with Crippen molar-refractivity contribution < 1.29 is 9.53 Å². The quantitative estimate of drug-likeness (QED) is 0.839. The van der Waals surface area contributed by atoms with Crippen LogP contribution in [0, 0.1) is 0 Å². The Balaban J connectivity index is 0.00000242. The predicted molar refractivity (Wildman–Crippen MR) is 91.8 cm³/mol. The summed E-state index contributed by atoms with van der Waals surface area (Å²) in [5.74, 6) is 0. The number of nitrogens with zero attached hydrogens (tertiary/aromatic N) is 2. The molecular formula is C16H32ClN3O2. The molecule has 6 heteroatoms. The minimum atomic E-state index is -0.0955. The Morgan fingerprint density at radius 3 is 2.36 bits per heavy atom. The zero-order chi connectivity index (χ0) is 15.1. The fourth-order valence-electron chi connectivity index (χ4n) is 3.07. The molecule has 1 heterocycles. The number of ether oxygens (including phenoxy) is 1. The maximum absolute atomic E-state index is 12.1. The molecule has 22 heavy (non-hydrogen) atoms. The highest BCUT2D eigenvalue weighted by molar-refractivity contribution is 5.85. The van der Waals surface area contributed by atoms with Crippen molar-refractivity contribution in [1.29, 1.82) is 0 Å². The molecule has 0 aromatic heterocycles. The van der Waals surface area contributed by atoms with Crippen molar-refractivity contribution in [3.05, 3.63) is 0 Å². The first-order valence-corrected chi connectivity index (χ1v) is 8.56. The molecule has 5 nitrogen and oxygen atoms in total. The van der Waals surface area contributed by atoms with Crippen molar-refractivity contribution in [1.82, 2.24) is 15.1 Å². The lowest BCUT2D eigenvalue weighted by Crippen LogP contribution is -2.50. The highest BCUT2D eigenvalue weighted by Gasteiger charge is 2.25. The first kappa shape index (κ1) is 19.5. The Morgan fingerprint density at radius 1 is 1.14 bits per heavy atom. The lowest BCUT2D eigenvalue weighted by Gasteiger charge is -2.35. The predicted octanol–water partition coefficient (Wildman–Crippen LogP) is 2.49. The van der Waals surface area contributed by atoms with Gasteiger partial charge in [0.25, 0.3) is 0 Å². The summed E-state index contributed by atoms with van der Waals surface area (Å²) in [7, 11) is 0. The summed E-state index contributed by atoms with van der Waals surface area (Å²) < 4.78 is 5.63. The van der Waals surface area contributed by atoms with Gasteiger partial charge in [0.05, 0.1) is 0 Å². The van der Waals surface area contributed by atoms with E-state index in [1.165, 1.54) is 19.3 Å². The van der Waals surface area contributed by atoms with Gasteiger partial charge >= 0.3 is 6.09 Å². The molecule has 2 aliphatic rings. The first-order valence-electron chi connectivity index (χ1n) is 8.56. The van der Waals surface area contributed by atoms with E-state index in [4.69, 9.17) is 4.74 Å². The minimum absolute atomic E-state index is 0. The van der Waals surface area contributed by atoms with E-state index in [2.05, 4.69) is 24.1 Å². The van der Waals surface area contributed by atoms with E-state index in [9.17, 15) is 4.79 Å². The summed E-state index contributed by atoms with van der Waals surface area (Å²) in [6.07, 6.45) is 5.86. The molecule has 0 aromatic rings. The molecule has 0 atom stereocenters. The molecule has 1 N–H and O–H groups in total. The van der Waals surface area contributed by atoms with Crippen molar-refractivity contribution in [3.63, 3.8) is 0 Å². The molecule has 0 spiro atoms. The number of piperazine rings is 1. The highest BCUT2D eigenvalue weighted by atomic mass is 35.5. The van der Waals surface area contributed by atoms with Crippen LogP contribution in [0.1, 0.15) is 46.0 Å². The fraction of sp³-hybridized carbons (Fsp3) is 0.938. The van der Waals surface area contributed by atoms with E-state index in [0.29, 0.717) is 6.04 Å². The molecular weight excluding hydrogens is 302 g/mol. The molecule has 0 unspecified atom stereocenters. The summed E-state index contributed by atoms with van der Waals surface area (Å²) in [6.45, 7) is 9.92. The number of rotatable bonds is 5. The van der Waals surface area contributed by atoms with Gasteiger partial charge in [-0.25, -0.2) is 4.79 Å². The van der Waals surface area contributed by atoms with Crippen LogP contribution in [0.25, 0.3) is 0 Å². The van der Waals surface area contributed by atoms with Crippen molar-refractivity contribution in [2.24, 2.45) is 0 Å². The number of hydrogen-bond acceptors (Lipinski definition) is 4. The molecule has 2 rings (SSSR count). The van der Waals surface area contributed by atoms with E-state index in [0.717, 1.165) is 52.1 Å². The van der Waals surface area contributed by atoms with Crippen LogP contribution in [0.15, 0.2) is 0 Å². The summed E-state index contributed by atoms with van der Waals surface area (Å²) >= 11 is 0. The van der Waals surface area contributed by atoms with Crippen LogP contribution >= 0.6 is 12.4 Å². The van der Waals surface area contributed by atoms with E-state index < -0.39 is 0 Å². The van der Waals surface area contributed by atoms with E-state index >= 15 is 0 Å². The van der Waals surface area contributed by atoms with Gasteiger partial charge in [-0.3, -0.25) is 4.90 Å². The number of halogens is 1. The molecule has 0 bridgehead atoms. The number of carbonyl (C=O) groups excluding carboxylic acids is 1. The van der Waals surface area contributed by atoms with Crippen LogP contribution in [-0.2, 0) is 4.74 Å². The third-order valence-corrected chi connectivity index (χ3v) is 4.43. The van der Waals surface area contributed by atoms with Crippen LogP contribution in [0.3, 0.4) is 0 Å². The zero-order valence-corrected chi connectivity index (χ0v) is 14.9. The zero-order valence-electron chi connectivity index (χ0n) is 14.1. The lowest BCUT2D eigenvalue weighted by atomic mass is 9.98. The Hall–Kier alpha value is -0.520. The molecule has 1 aliphatic carbocycles. The van der Waals surface area contributed by atoms with Crippen molar-refractivity contribution in [2.75, 3.05) is 39.3 Å². The van der Waals surface area contributed by atoms with Crippen molar-refractivity contribution in [3.8, 4) is 0 Å². The van der Waals surface area contributed by atoms with Gasteiger partial charge in [0, 0.05) is 45.3 Å². The summed E-state index contributed by atoms with van der Waals surface area (Å²) in [4.78, 5) is 16.4. The average molecular weight is 334 g/mol. The number of carbonyl (C=O) groups is 1. The molecule has 2 fully saturated rings. The minimum Gasteiger partial charge on any atom is -0.446 e. The van der Waals surface area contributed by atoms with Crippen LogP contribution in [0.2, 0.25) is 0 Å². The maximum atomic E-state index is 12.1. The summed E-state index contributed by atoms with van der Waals surface area (Å²) in [5, 5.41) is 3.43. The second kappa shape index (κ2) is 10.3. The van der Waals surface area contributed by atoms with Crippen LogP contribution < -0.4 is 5.32 Å². The van der Waals surface area contributed by atoms with Gasteiger partial charge in [-0.1, -0.05) is 20.3 Å². The van der Waals surface area contributed by atoms with Crippen LogP contribution in [0.5, 0.6) is 0 Å². The van der Waals surface area contributed by atoms with Gasteiger partial charge in [0.2, 0.25) is 0 Å². The second-order valence-corrected chi connectivity index (χ2v) is 6.58. The van der Waals surface area contributed by atoms with Gasteiger partial charge in [-0.05, 0) is 25.7 Å². The Kier molecular flexibility index (Phi) is 9.13. The van der Waals surface area contributed by atoms with Crippen LogP contribution in [-0.4, -0.2) is 67.3 Å². The average Bonchev–Trinajstić information content (AvgIpc) is 2.48. The first-order chi connectivity index (χ1) is 10.1. The maximum Gasteiger partial charge on any atom is 0.410 e. The Morgan fingerprint density at radius 2 is 1.77 bits per heavy atom. The van der Waals surface area contributed by atoms with Crippen molar-refractivity contribution in [2.45, 2.75) is 58.1 Å². The lowest BCUT2D eigenvalue weighted by molar-refractivity contribution is 0.0330. The largest absolute Gasteiger partial charge is 0.446 e. The second-order valence-electron chi connectivity index (χ2n) is 6.58. The van der Waals surface area contributed by atoms with Gasteiger partial charge in [-0.2, -0.15) is 0 Å². The fourth-order valence-corrected chi connectivity index (χ4v) is 3.07. The SMILES string of the molecule is CC(C)NCCN1CCN(C(=O)OC2CCCCC2)CC1.Cl. The molecule has 1 saturated heterocycles. The molecule has 1 amide bonds. The Bertz CT molecular complexity index is 315. The molecule has 1 aliphatic heterocycles. The van der Waals surface area contributed by atoms with Gasteiger partial charge in [0.15, 0.2) is 0 Å². The van der Waals surface area contributed by atoms with Gasteiger partial charge in [-0.15, -0.1) is 12.4 Å². The Labute approximate surface area is 141 Å². The normalized spacial score (nSPS) is 20.8. The van der Waals surface area contributed by atoms with E-state index in [-0.39, 0.29) is 24.6 Å². The molecule has 0 radical (unpaired) electrons. The highest BCUT2D eigenvalue weighted by Crippen LogP contribution is 2.21. The van der Waals surface area contributed by atoms with E-state index in [1.807, 2.05) is 4.90 Å². The third kappa shape index (κ3) is 6.71. The molecule has 1 saturated carbocycles. The third-order valence-electron chi connectivity index (χ3n) is 4.43. The number of amides is 1. The summed E-state index contributed by atoms with van der Waals surface area (Å²) in [6, 6.07) is 0.539. The number of hydrogen-bond donors (Lipinski definition) is 1. The smallest absolute Gasteiger partial charge is 0.410 e. The van der Waals surface area contributed by atoms with Crippen molar-refractivity contribution >= 4 is 18.5 Å². The van der Waals surface area contributed by atoms with E-state index in [1.54, 1.807) is 0 Å². The monoisotopic (exact) mass is 333 g/mol. The molecule has 0 aromatic carbocycles. The summed E-state index contributed by atoms with van der Waals surface area (Å²) in [5.41, 5.74) is 0. The van der Waals surface area contributed by atoms with Gasteiger partial charge in [0.1, 0.15) is 6.10 Å². The molecule has 130 valence electrons. The standard InChI is InChI=1S/C16H31N3O2.ClH/c1-14(2)17-8-9-18-10-12-19(13-11-18)16(20)21-15-6-4-3-5-7-15;/h14-15,17H,3-13H2,1-2H3;1H. The number of nitrogens with one attached hydrogen (secondary N) is 1. The topological polar surface area (TPSA) is 44.8 Å². The van der Waals surface area contributed by atoms with Crippen LogP contribution in [0.4, 0.5) is 4.79 Å².